The molecule has 1 amide bonds. The number of hydrogen-bond donors (Lipinski definition) is 1. The third-order valence-electron chi connectivity index (χ3n) is 4.58. The van der Waals surface area contributed by atoms with E-state index in [0.29, 0.717) is 11.5 Å². The number of amides is 1. The number of nitrogens with zero attached hydrogens (tertiary/aromatic N) is 2. The summed E-state index contributed by atoms with van der Waals surface area (Å²) in [6, 6.07) is 18.2. The molecule has 2 N–H and O–H groups in total. The predicted molar refractivity (Wildman–Crippen MR) is 110 cm³/mol. The molecule has 0 radical (unpaired) electrons. The highest BCUT2D eigenvalue weighted by atomic mass is 16.5. The van der Waals surface area contributed by atoms with Crippen molar-refractivity contribution in [2.75, 3.05) is 13.6 Å². The SMILES string of the molecule is Cc1cc(CN(C)CCc2ccccc2)ccc1Oc1ccncc1C(N)=O. The number of primary amides is 1. The minimum absolute atomic E-state index is 0.270. The van der Waals surface area contributed by atoms with E-state index >= 15 is 0 Å². The van der Waals surface area contributed by atoms with Crippen molar-refractivity contribution in [3.8, 4) is 11.5 Å². The normalized spacial score (nSPS) is 10.8. The number of aryl methyl sites for hydroxylation is 1. The Labute approximate surface area is 165 Å². The van der Waals surface area contributed by atoms with E-state index in [1.165, 1.54) is 17.3 Å². The third-order valence-corrected chi connectivity index (χ3v) is 4.58. The molecule has 5 nitrogen and oxygen atoms in total. The first-order valence-electron chi connectivity index (χ1n) is 9.26. The van der Waals surface area contributed by atoms with Crippen LogP contribution in [-0.4, -0.2) is 29.4 Å². The van der Waals surface area contributed by atoms with Crippen molar-refractivity contribution in [3.63, 3.8) is 0 Å². The predicted octanol–water partition coefficient (Wildman–Crippen LogP) is 3.96. The lowest BCUT2D eigenvalue weighted by Crippen LogP contribution is -2.20. The van der Waals surface area contributed by atoms with Gasteiger partial charge in [0, 0.05) is 25.5 Å². The quantitative estimate of drug-likeness (QED) is 0.647. The Morgan fingerprint density at radius 2 is 1.86 bits per heavy atom. The number of carbonyl (C=O) groups excluding carboxylic acids is 1. The van der Waals surface area contributed by atoms with Crippen LogP contribution in [0.1, 0.15) is 27.0 Å². The fraction of sp³-hybridized carbons (Fsp3) is 0.217. The number of ether oxygens (including phenoxy) is 1. The molecule has 0 aliphatic carbocycles. The summed E-state index contributed by atoms with van der Waals surface area (Å²) in [4.78, 5) is 17.8. The van der Waals surface area contributed by atoms with Gasteiger partial charge < -0.3 is 15.4 Å². The zero-order chi connectivity index (χ0) is 19.9. The number of aromatic nitrogens is 1. The average molecular weight is 375 g/mol. The number of pyridine rings is 1. The maximum atomic E-state index is 11.5. The van der Waals surface area contributed by atoms with Gasteiger partial charge in [0.15, 0.2) is 0 Å². The van der Waals surface area contributed by atoms with Crippen LogP contribution >= 0.6 is 0 Å². The van der Waals surface area contributed by atoms with Crippen molar-refractivity contribution in [1.82, 2.24) is 9.88 Å². The highest BCUT2D eigenvalue weighted by Gasteiger charge is 2.12. The van der Waals surface area contributed by atoms with E-state index < -0.39 is 5.91 Å². The minimum Gasteiger partial charge on any atom is -0.456 e. The molecule has 0 spiro atoms. The molecule has 5 heteroatoms. The molecule has 0 atom stereocenters. The lowest BCUT2D eigenvalue weighted by Gasteiger charge is -2.18. The number of nitrogens with two attached hydrogens (primary N) is 1. The fourth-order valence-corrected chi connectivity index (χ4v) is 3.05. The summed E-state index contributed by atoms with van der Waals surface area (Å²) in [6.07, 6.45) is 4.02. The number of rotatable bonds is 8. The number of carbonyl (C=O) groups is 1. The number of hydrogen-bond acceptors (Lipinski definition) is 4. The topological polar surface area (TPSA) is 68.4 Å². The molecule has 1 aromatic heterocycles. The lowest BCUT2D eigenvalue weighted by atomic mass is 10.1. The third kappa shape index (κ3) is 5.18. The molecule has 144 valence electrons. The van der Waals surface area contributed by atoms with Gasteiger partial charge >= 0.3 is 0 Å². The van der Waals surface area contributed by atoms with Gasteiger partial charge in [0.25, 0.3) is 5.91 Å². The highest BCUT2D eigenvalue weighted by molar-refractivity contribution is 5.95. The van der Waals surface area contributed by atoms with Crippen molar-refractivity contribution >= 4 is 5.91 Å². The van der Waals surface area contributed by atoms with E-state index in [2.05, 4.69) is 47.3 Å². The van der Waals surface area contributed by atoms with E-state index in [4.69, 9.17) is 10.5 Å². The van der Waals surface area contributed by atoms with Gasteiger partial charge in [-0.05, 0) is 49.2 Å². The van der Waals surface area contributed by atoms with E-state index in [9.17, 15) is 4.79 Å². The van der Waals surface area contributed by atoms with Gasteiger partial charge in [-0.1, -0.05) is 42.5 Å². The zero-order valence-corrected chi connectivity index (χ0v) is 16.3. The Morgan fingerprint density at radius 1 is 1.07 bits per heavy atom. The summed E-state index contributed by atoms with van der Waals surface area (Å²) < 4.78 is 5.91. The second-order valence-corrected chi connectivity index (χ2v) is 6.91. The Bertz CT molecular complexity index is 942. The second-order valence-electron chi connectivity index (χ2n) is 6.91. The Morgan fingerprint density at radius 3 is 2.57 bits per heavy atom. The first-order valence-corrected chi connectivity index (χ1v) is 9.26. The molecule has 0 saturated carbocycles. The van der Waals surface area contributed by atoms with Crippen LogP contribution in [0.5, 0.6) is 11.5 Å². The first kappa shape index (κ1) is 19.6. The summed E-state index contributed by atoms with van der Waals surface area (Å²) in [7, 11) is 2.12. The van der Waals surface area contributed by atoms with Crippen molar-refractivity contribution in [2.24, 2.45) is 5.73 Å². The van der Waals surface area contributed by atoms with Crippen LogP contribution in [0.4, 0.5) is 0 Å². The first-order chi connectivity index (χ1) is 13.5. The van der Waals surface area contributed by atoms with Gasteiger partial charge in [-0.2, -0.15) is 0 Å². The van der Waals surface area contributed by atoms with Crippen LogP contribution in [0.15, 0.2) is 67.0 Å². The standard InChI is InChI=1S/C23H25N3O2/c1-17-14-19(16-26(2)13-11-18-6-4-3-5-7-18)8-9-21(17)28-22-10-12-25-15-20(22)23(24)27/h3-10,12,14-15H,11,13,16H2,1-2H3,(H2,24,27). The maximum Gasteiger partial charge on any atom is 0.254 e. The van der Waals surface area contributed by atoms with Crippen LogP contribution in [0.2, 0.25) is 0 Å². The molecule has 0 bridgehead atoms. The summed E-state index contributed by atoms with van der Waals surface area (Å²) in [5, 5.41) is 0. The van der Waals surface area contributed by atoms with E-state index in [-0.39, 0.29) is 5.56 Å². The number of benzene rings is 2. The van der Waals surface area contributed by atoms with Crippen LogP contribution in [0.3, 0.4) is 0 Å². The molecule has 1 heterocycles. The molecule has 3 rings (SSSR count). The van der Waals surface area contributed by atoms with Gasteiger partial charge in [0.1, 0.15) is 17.1 Å². The van der Waals surface area contributed by atoms with Crippen LogP contribution in [-0.2, 0) is 13.0 Å². The maximum absolute atomic E-state index is 11.5. The molecule has 0 unspecified atom stereocenters. The Hall–Kier alpha value is -3.18. The molecular weight excluding hydrogens is 350 g/mol. The summed E-state index contributed by atoms with van der Waals surface area (Å²) in [6.45, 7) is 3.84. The van der Waals surface area contributed by atoms with Crippen molar-refractivity contribution in [3.05, 3.63) is 89.2 Å². The van der Waals surface area contributed by atoms with Crippen molar-refractivity contribution < 1.29 is 9.53 Å². The van der Waals surface area contributed by atoms with Gasteiger partial charge in [0.2, 0.25) is 0 Å². The molecule has 0 aliphatic heterocycles. The fourth-order valence-electron chi connectivity index (χ4n) is 3.05. The molecule has 0 fully saturated rings. The monoisotopic (exact) mass is 375 g/mol. The minimum atomic E-state index is -0.558. The lowest BCUT2D eigenvalue weighted by molar-refractivity contribution is 0.0997. The zero-order valence-electron chi connectivity index (χ0n) is 16.3. The largest absolute Gasteiger partial charge is 0.456 e. The van der Waals surface area contributed by atoms with Crippen molar-refractivity contribution in [1.29, 1.82) is 0 Å². The molecule has 3 aromatic rings. The summed E-state index contributed by atoms with van der Waals surface area (Å²) >= 11 is 0. The van der Waals surface area contributed by atoms with Crippen LogP contribution < -0.4 is 10.5 Å². The molecule has 2 aromatic carbocycles. The Balaban J connectivity index is 1.63. The molecule has 0 aliphatic rings. The van der Waals surface area contributed by atoms with E-state index in [1.54, 1.807) is 12.3 Å². The smallest absolute Gasteiger partial charge is 0.254 e. The van der Waals surface area contributed by atoms with Gasteiger partial charge in [0.05, 0.1) is 0 Å². The van der Waals surface area contributed by atoms with Gasteiger partial charge in [-0.3, -0.25) is 9.78 Å². The molecule has 28 heavy (non-hydrogen) atoms. The summed E-state index contributed by atoms with van der Waals surface area (Å²) in [5.41, 5.74) is 9.22. The van der Waals surface area contributed by atoms with Crippen LogP contribution in [0, 0.1) is 6.92 Å². The highest BCUT2D eigenvalue weighted by Crippen LogP contribution is 2.28. The van der Waals surface area contributed by atoms with Crippen LogP contribution in [0.25, 0.3) is 0 Å². The van der Waals surface area contributed by atoms with Gasteiger partial charge in [-0.25, -0.2) is 0 Å². The van der Waals surface area contributed by atoms with E-state index in [1.807, 2.05) is 25.1 Å². The van der Waals surface area contributed by atoms with E-state index in [0.717, 1.165) is 25.1 Å². The van der Waals surface area contributed by atoms with Crippen molar-refractivity contribution in [2.45, 2.75) is 19.9 Å². The Kier molecular flexibility index (Phi) is 6.40. The molecular formula is C23H25N3O2. The second kappa shape index (κ2) is 9.15. The van der Waals surface area contributed by atoms with Gasteiger partial charge in [-0.15, -0.1) is 0 Å². The summed E-state index contributed by atoms with van der Waals surface area (Å²) in [5.74, 6) is 0.556. The number of likely N-dealkylation sites (N-methyl/N-ethyl adjacent to an activating group) is 1. The average Bonchev–Trinajstić information content (AvgIpc) is 2.69. The molecule has 0 saturated heterocycles.